The van der Waals surface area contributed by atoms with Crippen molar-refractivity contribution in [1.82, 2.24) is 10.6 Å². The third-order valence-electron chi connectivity index (χ3n) is 2.32. The van der Waals surface area contributed by atoms with Crippen LogP contribution < -0.4 is 10.6 Å². The highest BCUT2D eigenvalue weighted by Gasteiger charge is 2.10. The fourth-order valence-corrected chi connectivity index (χ4v) is 1.34. The van der Waals surface area contributed by atoms with Gasteiger partial charge in [-0.2, -0.15) is 0 Å². The molecule has 17 heavy (non-hydrogen) atoms. The number of carbonyl (C=O) groups is 1. The van der Waals surface area contributed by atoms with E-state index in [2.05, 4.69) is 17.2 Å². The average molecular weight is 236 g/mol. The van der Waals surface area contributed by atoms with E-state index in [4.69, 9.17) is 0 Å². The Morgan fingerprint density at radius 3 is 3.00 bits per heavy atom. The van der Waals surface area contributed by atoms with Crippen molar-refractivity contribution in [3.05, 3.63) is 48.3 Å². The summed E-state index contributed by atoms with van der Waals surface area (Å²) in [5.74, 6) is -0.366. The fraction of sp³-hybridized carbons (Fsp3) is 0.308. The maximum Gasteiger partial charge on any atom is 0.237 e. The van der Waals surface area contributed by atoms with Crippen molar-refractivity contribution in [2.24, 2.45) is 0 Å². The second-order valence-electron chi connectivity index (χ2n) is 3.77. The largest absolute Gasteiger partial charge is 0.351 e. The molecular weight excluding hydrogens is 219 g/mol. The molecule has 0 heterocycles. The topological polar surface area (TPSA) is 41.1 Å². The molecule has 0 aliphatic rings. The standard InChI is InChI=1S/C13H17FN2O/c1-3-7-15-13(17)10(2)16-9-11-5-4-6-12(14)8-11/h3-6,8,10,16H,1,7,9H2,2H3,(H,15,17). The molecule has 1 aromatic carbocycles. The van der Waals surface area contributed by atoms with Crippen molar-refractivity contribution in [1.29, 1.82) is 0 Å². The summed E-state index contributed by atoms with van der Waals surface area (Å²) in [5, 5.41) is 5.71. The summed E-state index contributed by atoms with van der Waals surface area (Å²) in [6, 6.07) is 5.97. The van der Waals surface area contributed by atoms with Gasteiger partial charge in [-0.1, -0.05) is 18.2 Å². The van der Waals surface area contributed by atoms with Gasteiger partial charge >= 0.3 is 0 Å². The van der Waals surface area contributed by atoms with Gasteiger partial charge in [0.25, 0.3) is 0 Å². The Kier molecular flexibility index (Phi) is 5.36. The van der Waals surface area contributed by atoms with Gasteiger partial charge in [0, 0.05) is 13.1 Å². The zero-order valence-electron chi connectivity index (χ0n) is 9.87. The average Bonchev–Trinajstić information content (AvgIpc) is 2.33. The van der Waals surface area contributed by atoms with Crippen molar-refractivity contribution < 1.29 is 9.18 Å². The first-order valence-electron chi connectivity index (χ1n) is 5.50. The third-order valence-corrected chi connectivity index (χ3v) is 2.32. The number of hydrogen-bond acceptors (Lipinski definition) is 2. The summed E-state index contributed by atoms with van der Waals surface area (Å²) >= 11 is 0. The van der Waals surface area contributed by atoms with Gasteiger partial charge in [0.15, 0.2) is 0 Å². The second-order valence-corrected chi connectivity index (χ2v) is 3.77. The molecule has 0 aliphatic heterocycles. The summed E-state index contributed by atoms with van der Waals surface area (Å²) in [6.45, 7) is 6.19. The van der Waals surface area contributed by atoms with Gasteiger partial charge in [-0.15, -0.1) is 6.58 Å². The molecule has 0 fully saturated rings. The lowest BCUT2D eigenvalue weighted by molar-refractivity contribution is -0.122. The number of halogens is 1. The van der Waals surface area contributed by atoms with Gasteiger partial charge in [-0.05, 0) is 24.6 Å². The van der Waals surface area contributed by atoms with Crippen LogP contribution in [-0.2, 0) is 11.3 Å². The van der Waals surface area contributed by atoms with E-state index in [1.807, 2.05) is 6.07 Å². The van der Waals surface area contributed by atoms with E-state index in [0.29, 0.717) is 13.1 Å². The van der Waals surface area contributed by atoms with Crippen molar-refractivity contribution in [2.75, 3.05) is 6.54 Å². The molecule has 1 rings (SSSR count). The predicted molar refractivity (Wildman–Crippen MR) is 65.9 cm³/mol. The Hall–Kier alpha value is -1.68. The van der Waals surface area contributed by atoms with Crippen LogP contribution in [0.2, 0.25) is 0 Å². The van der Waals surface area contributed by atoms with Crippen molar-refractivity contribution in [2.45, 2.75) is 19.5 Å². The maximum atomic E-state index is 12.9. The van der Waals surface area contributed by atoms with Crippen LogP contribution in [-0.4, -0.2) is 18.5 Å². The number of hydrogen-bond donors (Lipinski definition) is 2. The lowest BCUT2D eigenvalue weighted by Crippen LogP contribution is -2.41. The molecule has 1 atom stereocenters. The number of amides is 1. The van der Waals surface area contributed by atoms with E-state index in [1.165, 1.54) is 12.1 Å². The Morgan fingerprint density at radius 2 is 2.35 bits per heavy atom. The highest BCUT2D eigenvalue weighted by molar-refractivity contribution is 5.81. The van der Waals surface area contributed by atoms with Crippen LogP contribution in [0.4, 0.5) is 4.39 Å². The van der Waals surface area contributed by atoms with E-state index in [0.717, 1.165) is 5.56 Å². The highest BCUT2D eigenvalue weighted by Crippen LogP contribution is 2.03. The van der Waals surface area contributed by atoms with Crippen LogP contribution in [0.15, 0.2) is 36.9 Å². The molecule has 0 aliphatic carbocycles. The first kappa shape index (κ1) is 13.4. The molecule has 0 radical (unpaired) electrons. The molecule has 0 aromatic heterocycles. The van der Waals surface area contributed by atoms with Crippen molar-refractivity contribution in [3.8, 4) is 0 Å². The first-order chi connectivity index (χ1) is 8.13. The molecule has 3 nitrogen and oxygen atoms in total. The van der Waals surface area contributed by atoms with Gasteiger partial charge in [0.05, 0.1) is 6.04 Å². The Morgan fingerprint density at radius 1 is 1.59 bits per heavy atom. The quantitative estimate of drug-likeness (QED) is 0.737. The summed E-state index contributed by atoms with van der Waals surface area (Å²) in [7, 11) is 0. The summed E-state index contributed by atoms with van der Waals surface area (Å²) in [5.41, 5.74) is 0.813. The van der Waals surface area contributed by atoms with Gasteiger partial charge < -0.3 is 10.6 Å². The molecule has 0 spiro atoms. The molecule has 1 aromatic rings. The maximum absolute atomic E-state index is 12.9. The van der Waals surface area contributed by atoms with Crippen molar-refractivity contribution in [3.63, 3.8) is 0 Å². The van der Waals surface area contributed by atoms with E-state index < -0.39 is 0 Å². The monoisotopic (exact) mass is 236 g/mol. The van der Waals surface area contributed by atoms with E-state index in [1.54, 1.807) is 19.1 Å². The molecule has 92 valence electrons. The highest BCUT2D eigenvalue weighted by atomic mass is 19.1. The number of nitrogens with one attached hydrogen (secondary N) is 2. The molecule has 1 unspecified atom stereocenters. The Balaban J connectivity index is 2.39. The minimum absolute atomic E-state index is 0.0960. The molecule has 4 heteroatoms. The smallest absolute Gasteiger partial charge is 0.237 e. The predicted octanol–water partition coefficient (Wildman–Crippen LogP) is 1.61. The summed E-state index contributed by atoms with van der Waals surface area (Å²) < 4.78 is 12.9. The second kappa shape index (κ2) is 6.81. The molecule has 0 saturated carbocycles. The first-order valence-corrected chi connectivity index (χ1v) is 5.50. The molecule has 0 saturated heterocycles. The van der Waals surface area contributed by atoms with Crippen LogP contribution in [0.1, 0.15) is 12.5 Å². The van der Waals surface area contributed by atoms with Crippen LogP contribution in [0, 0.1) is 5.82 Å². The number of rotatable bonds is 6. The van der Waals surface area contributed by atoms with Crippen LogP contribution in [0.3, 0.4) is 0 Å². The lowest BCUT2D eigenvalue weighted by atomic mass is 10.2. The van der Waals surface area contributed by atoms with E-state index in [9.17, 15) is 9.18 Å². The third kappa shape index (κ3) is 4.78. The molecule has 1 amide bonds. The van der Waals surface area contributed by atoms with Gasteiger partial charge in [-0.3, -0.25) is 4.79 Å². The zero-order chi connectivity index (χ0) is 12.7. The van der Waals surface area contributed by atoms with Crippen molar-refractivity contribution >= 4 is 5.91 Å². The van der Waals surface area contributed by atoms with Gasteiger partial charge in [-0.25, -0.2) is 4.39 Å². The fourth-order valence-electron chi connectivity index (χ4n) is 1.34. The van der Waals surface area contributed by atoms with Crippen LogP contribution >= 0.6 is 0 Å². The van der Waals surface area contributed by atoms with E-state index in [-0.39, 0.29) is 17.8 Å². The van der Waals surface area contributed by atoms with Crippen LogP contribution in [0.5, 0.6) is 0 Å². The molecule has 0 bridgehead atoms. The SMILES string of the molecule is C=CCNC(=O)C(C)NCc1cccc(F)c1. The molecular formula is C13H17FN2O. The lowest BCUT2D eigenvalue weighted by Gasteiger charge is -2.13. The summed E-state index contributed by atoms with van der Waals surface area (Å²) in [4.78, 5) is 11.5. The zero-order valence-corrected chi connectivity index (χ0v) is 9.87. The van der Waals surface area contributed by atoms with Gasteiger partial charge in [0.2, 0.25) is 5.91 Å². The Bertz CT molecular complexity index is 393. The van der Waals surface area contributed by atoms with Gasteiger partial charge in [0.1, 0.15) is 5.82 Å². The van der Waals surface area contributed by atoms with E-state index >= 15 is 0 Å². The minimum Gasteiger partial charge on any atom is -0.351 e. The summed E-state index contributed by atoms with van der Waals surface area (Å²) in [6.07, 6.45) is 1.62. The minimum atomic E-state index is -0.321. The normalized spacial score (nSPS) is 11.9. The Labute approximate surface area is 101 Å². The number of carbonyl (C=O) groups excluding carboxylic acids is 1. The number of benzene rings is 1. The van der Waals surface area contributed by atoms with Crippen LogP contribution in [0.25, 0.3) is 0 Å². The molecule has 2 N–H and O–H groups in total.